The molecule has 0 fully saturated rings. The molecule has 4 N–H and O–H groups in total. The van der Waals surface area contributed by atoms with Crippen molar-refractivity contribution in [2.75, 3.05) is 5.32 Å². The predicted octanol–water partition coefficient (Wildman–Crippen LogP) is 3.18. The molecular formula is C21H19N3O4S. The van der Waals surface area contributed by atoms with Crippen LogP contribution in [0.15, 0.2) is 67.0 Å². The molecule has 0 aliphatic rings. The molecular weight excluding hydrogens is 390 g/mol. The average Bonchev–Trinajstić information content (AvgIpc) is 2.74. The van der Waals surface area contributed by atoms with Crippen LogP contribution >= 0.6 is 12.6 Å². The van der Waals surface area contributed by atoms with Crippen molar-refractivity contribution < 1.29 is 19.4 Å². The van der Waals surface area contributed by atoms with Crippen LogP contribution in [0.5, 0.6) is 5.75 Å². The van der Waals surface area contributed by atoms with Gasteiger partial charge < -0.3 is 20.9 Å². The summed E-state index contributed by atoms with van der Waals surface area (Å²) in [4.78, 5) is 27.4. The van der Waals surface area contributed by atoms with E-state index in [0.29, 0.717) is 23.5 Å². The minimum atomic E-state index is -1.25. The Bertz CT molecular complexity index is 1010. The molecule has 1 amide bonds. The molecule has 0 spiro atoms. The van der Waals surface area contributed by atoms with Crippen molar-refractivity contribution in [3.05, 3.63) is 78.1 Å². The van der Waals surface area contributed by atoms with Crippen molar-refractivity contribution in [3.8, 4) is 16.9 Å². The number of aliphatic carboxylic acids is 1. The molecule has 1 unspecified atom stereocenters. The maximum Gasteiger partial charge on any atom is 0.355 e. The number of rotatable bonds is 7. The topological polar surface area (TPSA) is 115 Å². The molecule has 0 aliphatic heterocycles. The van der Waals surface area contributed by atoms with Crippen molar-refractivity contribution in [2.45, 2.75) is 12.0 Å². The molecule has 1 aromatic heterocycles. The van der Waals surface area contributed by atoms with E-state index in [1.54, 1.807) is 60.9 Å². The smallest absolute Gasteiger partial charge is 0.355 e. The summed E-state index contributed by atoms with van der Waals surface area (Å²) in [5.74, 6) is -1.05. The first kappa shape index (κ1) is 20.4. The first-order valence-corrected chi connectivity index (χ1v) is 9.22. The molecule has 0 radical (unpaired) electrons. The minimum Gasteiger partial charge on any atom is -0.478 e. The first-order chi connectivity index (χ1) is 14.0. The third-order valence-electron chi connectivity index (χ3n) is 4.15. The largest absolute Gasteiger partial charge is 0.478 e. The number of carboxylic acid groups (broad SMARTS) is 1. The maximum absolute atomic E-state index is 12.6. The van der Waals surface area contributed by atoms with E-state index in [4.69, 9.17) is 15.6 Å². The van der Waals surface area contributed by atoms with Gasteiger partial charge in [0, 0.05) is 30.2 Å². The number of pyridine rings is 1. The van der Waals surface area contributed by atoms with Gasteiger partial charge in [0.25, 0.3) is 5.91 Å². The number of carbonyl (C=O) groups excluding carboxylic acids is 1. The fourth-order valence-corrected chi connectivity index (χ4v) is 2.82. The third-order valence-corrected chi connectivity index (χ3v) is 4.48. The number of benzene rings is 2. The van der Waals surface area contributed by atoms with Crippen LogP contribution in [-0.2, 0) is 11.3 Å². The highest BCUT2D eigenvalue weighted by Gasteiger charge is 2.14. The number of hydrogen-bond acceptors (Lipinski definition) is 6. The van der Waals surface area contributed by atoms with Gasteiger partial charge in [0.2, 0.25) is 5.44 Å². The monoisotopic (exact) mass is 409 g/mol. The van der Waals surface area contributed by atoms with E-state index in [0.717, 1.165) is 16.7 Å². The number of nitrogens with zero attached hydrogens (tertiary/aromatic N) is 1. The molecule has 0 bridgehead atoms. The van der Waals surface area contributed by atoms with Gasteiger partial charge in [-0.2, -0.15) is 0 Å². The van der Waals surface area contributed by atoms with Gasteiger partial charge in [-0.25, -0.2) is 4.79 Å². The minimum absolute atomic E-state index is 0.250. The zero-order valence-corrected chi connectivity index (χ0v) is 16.2. The molecule has 0 saturated carbocycles. The Balaban J connectivity index is 1.85. The second kappa shape index (κ2) is 9.22. The van der Waals surface area contributed by atoms with Crippen LogP contribution in [0, 0.1) is 0 Å². The summed E-state index contributed by atoms with van der Waals surface area (Å²) in [6.07, 6.45) is 3.20. The molecule has 148 valence electrons. The van der Waals surface area contributed by atoms with Gasteiger partial charge in [0.15, 0.2) is 0 Å². The summed E-state index contributed by atoms with van der Waals surface area (Å²) in [5.41, 5.74) is 8.24. The van der Waals surface area contributed by atoms with Crippen LogP contribution in [0.3, 0.4) is 0 Å². The highest BCUT2D eigenvalue weighted by molar-refractivity contribution is 7.81. The van der Waals surface area contributed by atoms with Gasteiger partial charge in [-0.05, 0) is 53.1 Å². The van der Waals surface area contributed by atoms with Crippen LogP contribution < -0.4 is 15.8 Å². The summed E-state index contributed by atoms with van der Waals surface area (Å²) in [7, 11) is 0. The fraction of sp³-hybridized carbons (Fsp3) is 0.0952. The summed E-state index contributed by atoms with van der Waals surface area (Å²) in [6, 6.07) is 15.6. The number of nitrogens with one attached hydrogen (secondary N) is 1. The van der Waals surface area contributed by atoms with Crippen molar-refractivity contribution in [1.29, 1.82) is 0 Å². The van der Waals surface area contributed by atoms with E-state index in [2.05, 4.69) is 22.9 Å². The Morgan fingerprint density at radius 1 is 1.10 bits per heavy atom. The van der Waals surface area contributed by atoms with E-state index in [9.17, 15) is 9.59 Å². The van der Waals surface area contributed by atoms with Gasteiger partial charge in [-0.1, -0.05) is 18.2 Å². The Labute approximate surface area is 173 Å². The maximum atomic E-state index is 12.6. The lowest BCUT2D eigenvalue weighted by Crippen LogP contribution is -2.20. The molecule has 2 aromatic carbocycles. The number of nitrogens with two attached hydrogens (primary N) is 1. The number of amides is 1. The standard InChI is InChI=1S/C21H19N3O4S/c22-12-15-2-1-14(19(25)24-16-7-9-23-10-8-16)11-18(15)13-3-5-17(6-4-13)28-21(29)20(26)27/h1-11,21,29H,12,22H2,(H,26,27)(H,23,24,25). The van der Waals surface area contributed by atoms with Crippen LogP contribution in [0.4, 0.5) is 5.69 Å². The quantitative estimate of drug-likeness (QED) is 0.352. The van der Waals surface area contributed by atoms with Crippen LogP contribution in [0.25, 0.3) is 11.1 Å². The Kier molecular flexibility index (Phi) is 6.48. The van der Waals surface area contributed by atoms with E-state index in [1.165, 1.54) is 0 Å². The van der Waals surface area contributed by atoms with Crippen molar-refractivity contribution in [3.63, 3.8) is 0 Å². The zero-order valence-electron chi connectivity index (χ0n) is 15.3. The Morgan fingerprint density at radius 3 is 2.41 bits per heavy atom. The number of thiol groups is 1. The molecule has 1 heterocycles. The van der Waals surface area contributed by atoms with Gasteiger partial charge in [-0.15, -0.1) is 12.6 Å². The van der Waals surface area contributed by atoms with Gasteiger partial charge in [0.1, 0.15) is 5.75 Å². The average molecular weight is 409 g/mol. The van der Waals surface area contributed by atoms with Crippen LogP contribution in [0.1, 0.15) is 15.9 Å². The van der Waals surface area contributed by atoms with E-state index >= 15 is 0 Å². The zero-order chi connectivity index (χ0) is 20.8. The second-order valence-electron chi connectivity index (χ2n) is 6.10. The Morgan fingerprint density at radius 2 is 1.79 bits per heavy atom. The summed E-state index contributed by atoms with van der Waals surface area (Å²) >= 11 is 3.85. The third kappa shape index (κ3) is 5.13. The van der Waals surface area contributed by atoms with Crippen molar-refractivity contribution >= 4 is 30.2 Å². The number of hydrogen-bond donors (Lipinski definition) is 4. The van der Waals surface area contributed by atoms with E-state index in [-0.39, 0.29) is 5.91 Å². The lowest BCUT2D eigenvalue weighted by Gasteiger charge is -2.13. The number of ether oxygens (including phenoxy) is 1. The van der Waals surface area contributed by atoms with Crippen LogP contribution in [-0.4, -0.2) is 27.4 Å². The molecule has 7 nitrogen and oxygen atoms in total. The lowest BCUT2D eigenvalue weighted by molar-refractivity contribution is -0.140. The lowest BCUT2D eigenvalue weighted by atomic mass is 9.97. The van der Waals surface area contributed by atoms with Gasteiger partial charge in [-0.3, -0.25) is 9.78 Å². The number of carbonyl (C=O) groups is 2. The molecule has 3 aromatic rings. The van der Waals surface area contributed by atoms with Gasteiger partial charge in [0.05, 0.1) is 0 Å². The highest BCUT2D eigenvalue weighted by Crippen LogP contribution is 2.28. The summed E-state index contributed by atoms with van der Waals surface area (Å²) < 4.78 is 5.22. The van der Waals surface area contributed by atoms with Crippen molar-refractivity contribution in [1.82, 2.24) is 4.98 Å². The molecule has 3 rings (SSSR count). The summed E-state index contributed by atoms with van der Waals surface area (Å²) in [6.45, 7) is 0.303. The van der Waals surface area contributed by atoms with Crippen LogP contribution in [0.2, 0.25) is 0 Å². The Hall–Kier alpha value is -3.36. The molecule has 8 heteroatoms. The highest BCUT2D eigenvalue weighted by atomic mass is 32.1. The normalized spacial score (nSPS) is 11.5. The number of aromatic nitrogens is 1. The molecule has 29 heavy (non-hydrogen) atoms. The summed E-state index contributed by atoms with van der Waals surface area (Å²) in [5, 5.41) is 11.7. The number of anilines is 1. The fourth-order valence-electron chi connectivity index (χ4n) is 2.70. The predicted molar refractivity (Wildman–Crippen MR) is 113 cm³/mol. The molecule has 1 atom stereocenters. The molecule has 0 aliphatic carbocycles. The SMILES string of the molecule is NCc1ccc(C(=O)Nc2ccncc2)cc1-c1ccc(OC(S)C(=O)O)cc1. The number of carboxylic acids is 1. The molecule has 0 saturated heterocycles. The first-order valence-electron chi connectivity index (χ1n) is 8.70. The van der Waals surface area contributed by atoms with Gasteiger partial charge >= 0.3 is 5.97 Å². The van der Waals surface area contributed by atoms with E-state index < -0.39 is 11.4 Å². The van der Waals surface area contributed by atoms with E-state index in [1.807, 2.05) is 6.07 Å². The second-order valence-corrected chi connectivity index (χ2v) is 6.57. The van der Waals surface area contributed by atoms with Crippen molar-refractivity contribution in [2.24, 2.45) is 5.73 Å².